The van der Waals surface area contributed by atoms with Crippen LogP contribution in [0, 0.1) is 6.92 Å². The first kappa shape index (κ1) is 59.0. The minimum atomic E-state index is -4.40. The molecule has 0 atom stereocenters. The summed E-state index contributed by atoms with van der Waals surface area (Å²) in [5.41, 5.74) is 2.49. The molecule has 0 spiro atoms. The summed E-state index contributed by atoms with van der Waals surface area (Å²) in [6.45, 7) is 38.0. The molecule has 1 aromatic carbocycles. The number of alkyl halides is 3. The molecule has 1 aliphatic carbocycles. The molecule has 0 saturated heterocycles. The van der Waals surface area contributed by atoms with Gasteiger partial charge in [0, 0.05) is 11.4 Å². The van der Waals surface area contributed by atoms with Gasteiger partial charge in [0.15, 0.2) is 0 Å². The molecule has 2 N–H and O–H groups in total. The summed E-state index contributed by atoms with van der Waals surface area (Å²) in [4.78, 5) is 0. The van der Waals surface area contributed by atoms with E-state index in [1.807, 2.05) is 76.7 Å². The number of benzene rings is 1. The first-order valence-electron chi connectivity index (χ1n) is 18.1. The van der Waals surface area contributed by atoms with Crippen molar-refractivity contribution in [3.05, 3.63) is 134 Å². The van der Waals surface area contributed by atoms with E-state index >= 15 is 0 Å². The summed E-state index contributed by atoms with van der Waals surface area (Å²) < 4.78 is 37.7. The lowest BCUT2D eigenvalue weighted by molar-refractivity contribution is -0.0882. The minimum absolute atomic E-state index is 0.344. The van der Waals surface area contributed by atoms with E-state index in [1.165, 1.54) is 75.8 Å². The predicted molar refractivity (Wildman–Crippen MR) is 229 cm³/mol. The third-order valence-electron chi connectivity index (χ3n) is 5.58. The number of hydrogen-bond acceptors (Lipinski definition) is 3. The van der Waals surface area contributed by atoms with Gasteiger partial charge in [-0.25, -0.2) is 0 Å². The number of nitrogens with one attached hydrogen (secondary N) is 2. The molecule has 0 bridgehead atoms. The molecule has 1 aliphatic rings. The number of halogens is 3. The van der Waals surface area contributed by atoms with Gasteiger partial charge in [0.25, 0.3) is 0 Å². The largest absolute Gasteiger partial charge is 0.416 e. The Balaban J connectivity index is -0.000000126. The van der Waals surface area contributed by atoms with E-state index in [2.05, 4.69) is 89.6 Å². The smallest absolute Gasteiger partial charge is 0.386 e. The van der Waals surface area contributed by atoms with Gasteiger partial charge in [-0.05, 0) is 45.1 Å². The predicted octanol–water partition coefficient (Wildman–Crippen LogP) is 15.3. The molecule has 2 nitrogen and oxygen atoms in total. The van der Waals surface area contributed by atoms with Crippen LogP contribution in [0.1, 0.15) is 119 Å². The maximum Gasteiger partial charge on any atom is 0.416 e. The third-order valence-corrected chi connectivity index (χ3v) is 6.15. The molecule has 0 radical (unpaired) electrons. The van der Waals surface area contributed by atoms with Gasteiger partial charge in [0.05, 0.1) is 12.1 Å². The second-order valence-electron chi connectivity index (χ2n) is 10.3. The summed E-state index contributed by atoms with van der Waals surface area (Å²) in [5.74, 6) is 1.24. The molecule has 0 heterocycles. The van der Waals surface area contributed by atoms with Gasteiger partial charge in [0.2, 0.25) is 0 Å². The second kappa shape index (κ2) is 50.3. The topological polar surface area (TPSA) is 24.1 Å². The molecule has 1 saturated carbocycles. The lowest BCUT2D eigenvalue weighted by Gasteiger charge is -2.12. The van der Waals surface area contributed by atoms with Crippen LogP contribution < -0.4 is 10.6 Å². The Morgan fingerprint density at radius 3 is 1.50 bits per heavy atom. The molecule has 6 heteroatoms. The molecule has 1 aromatic rings. The zero-order valence-corrected chi connectivity index (χ0v) is 34.9. The van der Waals surface area contributed by atoms with E-state index in [4.69, 9.17) is 0 Å². The van der Waals surface area contributed by atoms with Crippen LogP contribution in [0.2, 0.25) is 0 Å². The summed E-state index contributed by atoms with van der Waals surface area (Å²) in [6, 6.07) is 10.3. The molecule has 1 fully saturated rings. The van der Waals surface area contributed by atoms with Crippen molar-refractivity contribution in [1.82, 2.24) is 10.6 Å². The lowest BCUT2D eigenvalue weighted by atomic mass is 10.0. The van der Waals surface area contributed by atoms with E-state index in [-0.39, 0.29) is 0 Å². The quantitative estimate of drug-likeness (QED) is 0.222. The van der Waals surface area contributed by atoms with Crippen LogP contribution in [0.25, 0.3) is 0 Å². The molecular weight excluding hydrogens is 646 g/mol. The summed E-state index contributed by atoms with van der Waals surface area (Å²) in [6.07, 6.45) is 19.3. The van der Waals surface area contributed by atoms with E-state index in [0.29, 0.717) is 17.9 Å². The highest BCUT2D eigenvalue weighted by molar-refractivity contribution is 7.98. The van der Waals surface area contributed by atoms with Gasteiger partial charge in [0.1, 0.15) is 0 Å². The summed E-state index contributed by atoms with van der Waals surface area (Å²) in [5, 5.41) is 5.54. The Labute approximate surface area is 314 Å². The van der Waals surface area contributed by atoms with Crippen molar-refractivity contribution in [3.63, 3.8) is 0 Å². The zero-order valence-electron chi connectivity index (χ0n) is 34.1. The molecule has 0 amide bonds. The summed E-state index contributed by atoms with van der Waals surface area (Å²) in [7, 11) is 0. The van der Waals surface area contributed by atoms with Crippen LogP contribution in [0.3, 0.4) is 0 Å². The van der Waals surface area contributed by atoms with Crippen molar-refractivity contribution in [2.45, 2.75) is 127 Å². The van der Waals surface area contributed by atoms with Crippen LogP contribution in [-0.4, -0.2) is 24.7 Å². The highest BCUT2D eigenvalue weighted by Crippen LogP contribution is 2.27. The van der Waals surface area contributed by atoms with Crippen molar-refractivity contribution in [3.8, 4) is 0 Å². The van der Waals surface area contributed by atoms with E-state index in [1.54, 1.807) is 6.08 Å². The van der Waals surface area contributed by atoms with E-state index < -0.39 is 11.7 Å². The fourth-order valence-electron chi connectivity index (χ4n) is 2.97. The van der Waals surface area contributed by atoms with Crippen molar-refractivity contribution in [1.29, 1.82) is 0 Å². The van der Waals surface area contributed by atoms with Gasteiger partial charge in [-0.3, -0.25) is 0 Å². The first-order chi connectivity index (χ1) is 23.8. The average Bonchev–Trinajstić information content (AvgIpc) is 3.13. The minimum Gasteiger partial charge on any atom is -0.386 e. The van der Waals surface area contributed by atoms with Crippen LogP contribution in [0.4, 0.5) is 13.2 Å². The van der Waals surface area contributed by atoms with Crippen molar-refractivity contribution < 1.29 is 13.2 Å². The van der Waals surface area contributed by atoms with Crippen LogP contribution in [-0.2, 0) is 0 Å². The summed E-state index contributed by atoms with van der Waals surface area (Å²) >= 11 is 1.86. The molecular formula is C44H77F3N2S. The Morgan fingerprint density at radius 1 is 0.820 bits per heavy atom. The maximum atomic E-state index is 12.6. The van der Waals surface area contributed by atoms with Gasteiger partial charge in [-0.15, -0.1) is 0 Å². The maximum absolute atomic E-state index is 12.6. The Bertz CT molecular complexity index is 951. The van der Waals surface area contributed by atoms with Crippen LogP contribution in [0.15, 0.2) is 128 Å². The van der Waals surface area contributed by atoms with E-state index in [9.17, 15) is 13.2 Å². The van der Waals surface area contributed by atoms with Crippen molar-refractivity contribution >= 4 is 11.8 Å². The Kier molecular flexibility index (Phi) is 59.4. The second-order valence-corrected chi connectivity index (χ2v) is 11.4. The monoisotopic (exact) mass is 723 g/mol. The number of aryl methyl sites for hydroxylation is 1. The number of rotatable bonds is 11. The van der Waals surface area contributed by atoms with Crippen molar-refractivity contribution in [2.24, 2.45) is 0 Å². The first-order valence-corrected chi connectivity index (χ1v) is 19.5. The fourth-order valence-corrected chi connectivity index (χ4v) is 2.97. The van der Waals surface area contributed by atoms with Gasteiger partial charge in [-0.2, -0.15) is 24.9 Å². The number of unbranched alkanes of at least 4 members (excludes halogenated alkanes) is 1. The average molecular weight is 723 g/mol. The third kappa shape index (κ3) is 60.2. The number of thioether (sulfide) groups is 1. The molecule has 0 aliphatic heterocycles. The van der Waals surface area contributed by atoms with Crippen LogP contribution >= 0.6 is 11.8 Å². The Hall–Kier alpha value is -3.12. The van der Waals surface area contributed by atoms with E-state index in [0.717, 1.165) is 23.8 Å². The number of hydrogen-bond donors (Lipinski definition) is 2. The van der Waals surface area contributed by atoms with Gasteiger partial charge >= 0.3 is 6.18 Å². The molecule has 2 rings (SSSR count). The van der Waals surface area contributed by atoms with Crippen LogP contribution in [0.5, 0.6) is 0 Å². The molecule has 290 valence electrons. The Morgan fingerprint density at radius 2 is 1.26 bits per heavy atom. The lowest BCUT2D eigenvalue weighted by Crippen LogP contribution is -2.20. The molecule has 50 heavy (non-hydrogen) atoms. The zero-order chi connectivity index (χ0) is 40.1. The normalized spacial score (nSPS) is 11.5. The standard InChI is InChI=1S/C13H17F3N2.C7H8.C7H10.C6H12.C4H10.C3H8S.2C2H6/c1-5-7-12(13(14,15)16)8-10(3)18-11(4)9-17-6-2;1-7-5-3-2-4-6-7;1-4-5-6-7(2)3;1-2-4-6-5-3-1;2*1-3-4-2;2*1-2/h5-8,17-18H,1-2,4,9H2,3H3;2-6H,1H3;4-6H,1-2H2,3H3;1-6H2;3-4H2,1-2H3;3H2,1-2H3;2*1-2H3/b10-8+,12-7+;;6-5-;;;;;. The molecule has 0 aromatic heterocycles. The van der Waals surface area contributed by atoms with Crippen molar-refractivity contribution in [2.75, 3.05) is 18.6 Å². The fraction of sp³-hybridized carbons (Fsp3) is 0.500. The number of allylic oxidation sites excluding steroid dienone is 9. The molecule has 0 unspecified atom stereocenters. The van der Waals surface area contributed by atoms with Gasteiger partial charge in [-0.1, -0.05) is 205 Å². The highest BCUT2D eigenvalue weighted by Gasteiger charge is 2.31. The SMILES string of the molecule is C1CCCCC1.C=C/C=C(\C=C(/C)NC(=C)CNC=C)C(F)(F)F.C=C/C=C\C(=C)C.CC.CC.CCCC.CCSC.Cc1ccccc1. The highest BCUT2D eigenvalue weighted by atomic mass is 32.2. The van der Waals surface area contributed by atoms with Gasteiger partial charge < -0.3 is 10.6 Å².